The first-order valence-corrected chi connectivity index (χ1v) is 8.79. The van der Waals surface area contributed by atoms with E-state index in [0.29, 0.717) is 15.7 Å². The Bertz CT molecular complexity index is 715. The monoisotopic (exact) mass is 366 g/mol. The lowest BCUT2D eigenvalue weighted by Crippen LogP contribution is -2.47. The minimum atomic E-state index is -0.679. The summed E-state index contributed by atoms with van der Waals surface area (Å²) in [6.45, 7) is 5.70. The Morgan fingerprint density at radius 3 is 2.42 bits per heavy atom. The lowest BCUT2D eigenvalue weighted by molar-refractivity contribution is -0.118. The zero-order chi connectivity index (χ0) is 17.7. The summed E-state index contributed by atoms with van der Waals surface area (Å²) in [5.74, 6) is -0.724. The van der Waals surface area contributed by atoms with Gasteiger partial charge in [-0.2, -0.15) is 0 Å². The van der Waals surface area contributed by atoms with Crippen LogP contribution in [0.25, 0.3) is 0 Å². The van der Waals surface area contributed by atoms with Crippen molar-refractivity contribution in [2.45, 2.75) is 33.2 Å². The summed E-state index contributed by atoms with van der Waals surface area (Å²) in [7, 11) is 0. The number of benzene rings is 1. The van der Waals surface area contributed by atoms with E-state index in [9.17, 15) is 9.59 Å². The quantitative estimate of drug-likeness (QED) is 0.822. The summed E-state index contributed by atoms with van der Waals surface area (Å²) in [6.07, 6.45) is 0.758. The molecule has 0 aliphatic carbocycles. The number of aromatic nitrogens is 2. The van der Waals surface area contributed by atoms with E-state index in [1.165, 1.54) is 11.3 Å². The van der Waals surface area contributed by atoms with Gasteiger partial charge in [0.05, 0.1) is 0 Å². The molecule has 8 heteroatoms. The van der Waals surface area contributed by atoms with Gasteiger partial charge in [0.15, 0.2) is 0 Å². The molecule has 1 atom stereocenters. The molecular formula is C16H19ClN4O2S. The summed E-state index contributed by atoms with van der Waals surface area (Å²) in [5, 5.41) is 15.2. The predicted molar refractivity (Wildman–Crippen MR) is 95.5 cm³/mol. The summed E-state index contributed by atoms with van der Waals surface area (Å²) >= 11 is 7.15. The standard InChI is InChI=1S/C16H19ClN4O2S/c1-4-12-20-21-16(24-12)19-15(23)13(9(2)3)18-14(22)10-5-7-11(17)8-6-10/h5-9,13H,4H2,1-3H3,(H,18,22)(H,19,21,23). The molecule has 2 aromatic rings. The second-order valence-electron chi connectivity index (χ2n) is 5.55. The average molecular weight is 367 g/mol. The van der Waals surface area contributed by atoms with Crippen LogP contribution in [0.15, 0.2) is 24.3 Å². The fourth-order valence-corrected chi connectivity index (χ4v) is 2.80. The molecule has 1 aromatic heterocycles. The molecule has 0 fully saturated rings. The molecule has 1 aromatic carbocycles. The van der Waals surface area contributed by atoms with Crippen molar-refractivity contribution in [3.8, 4) is 0 Å². The normalized spacial score (nSPS) is 12.0. The summed E-state index contributed by atoms with van der Waals surface area (Å²) < 4.78 is 0. The maximum absolute atomic E-state index is 12.5. The van der Waals surface area contributed by atoms with E-state index < -0.39 is 6.04 Å². The molecule has 128 valence electrons. The highest BCUT2D eigenvalue weighted by molar-refractivity contribution is 7.15. The second-order valence-corrected chi connectivity index (χ2v) is 7.04. The van der Waals surface area contributed by atoms with Crippen LogP contribution in [0.4, 0.5) is 5.13 Å². The van der Waals surface area contributed by atoms with Crippen LogP contribution in [0.3, 0.4) is 0 Å². The molecule has 2 amide bonds. The first-order valence-electron chi connectivity index (χ1n) is 7.60. The fraction of sp³-hybridized carbons (Fsp3) is 0.375. The highest BCUT2D eigenvalue weighted by Crippen LogP contribution is 2.17. The van der Waals surface area contributed by atoms with Crippen molar-refractivity contribution >= 4 is 39.9 Å². The molecule has 0 saturated carbocycles. The topological polar surface area (TPSA) is 84.0 Å². The number of carbonyl (C=O) groups is 2. The number of anilines is 1. The molecule has 1 unspecified atom stereocenters. The Morgan fingerprint density at radius 1 is 1.21 bits per heavy atom. The van der Waals surface area contributed by atoms with Gasteiger partial charge in [0.25, 0.3) is 5.91 Å². The number of hydrogen-bond acceptors (Lipinski definition) is 5. The largest absolute Gasteiger partial charge is 0.340 e. The first kappa shape index (κ1) is 18.4. The van der Waals surface area contributed by atoms with Crippen molar-refractivity contribution < 1.29 is 9.59 Å². The van der Waals surface area contributed by atoms with E-state index in [1.807, 2.05) is 20.8 Å². The van der Waals surface area contributed by atoms with E-state index in [4.69, 9.17) is 11.6 Å². The van der Waals surface area contributed by atoms with Gasteiger partial charge in [0.1, 0.15) is 11.0 Å². The third-order valence-corrected chi connectivity index (χ3v) is 4.58. The van der Waals surface area contributed by atoms with Crippen molar-refractivity contribution in [3.63, 3.8) is 0 Å². The molecule has 24 heavy (non-hydrogen) atoms. The maximum atomic E-state index is 12.5. The van der Waals surface area contributed by atoms with Crippen LogP contribution >= 0.6 is 22.9 Å². The fourth-order valence-electron chi connectivity index (χ4n) is 1.99. The maximum Gasteiger partial charge on any atom is 0.251 e. The minimum absolute atomic E-state index is 0.0835. The van der Waals surface area contributed by atoms with Gasteiger partial charge in [-0.25, -0.2) is 0 Å². The van der Waals surface area contributed by atoms with Crippen molar-refractivity contribution in [3.05, 3.63) is 39.9 Å². The van der Waals surface area contributed by atoms with Crippen LogP contribution in [0.5, 0.6) is 0 Å². The Balaban J connectivity index is 2.06. The number of aryl methyl sites for hydroxylation is 1. The lowest BCUT2D eigenvalue weighted by atomic mass is 10.0. The second kappa shape index (κ2) is 8.21. The summed E-state index contributed by atoms with van der Waals surface area (Å²) in [6, 6.07) is 5.82. The molecule has 0 bridgehead atoms. The van der Waals surface area contributed by atoms with Crippen LogP contribution in [0.2, 0.25) is 5.02 Å². The zero-order valence-corrected chi connectivity index (χ0v) is 15.2. The number of nitrogens with zero attached hydrogens (tertiary/aromatic N) is 2. The molecule has 2 rings (SSSR count). The van der Waals surface area contributed by atoms with Crippen LogP contribution in [0.1, 0.15) is 36.1 Å². The smallest absolute Gasteiger partial charge is 0.251 e. The third-order valence-electron chi connectivity index (χ3n) is 3.34. The van der Waals surface area contributed by atoms with Gasteiger partial charge in [-0.3, -0.25) is 14.9 Å². The van der Waals surface area contributed by atoms with E-state index in [0.717, 1.165) is 11.4 Å². The van der Waals surface area contributed by atoms with Gasteiger partial charge < -0.3 is 5.32 Å². The number of carbonyl (C=O) groups excluding carboxylic acids is 2. The zero-order valence-electron chi connectivity index (χ0n) is 13.7. The Hall–Kier alpha value is -1.99. The molecular weight excluding hydrogens is 348 g/mol. The highest BCUT2D eigenvalue weighted by atomic mass is 35.5. The van der Waals surface area contributed by atoms with Crippen molar-refractivity contribution in [2.24, 2.45) is 5.92 Å². The third kappa shape index (κ3) is 4.75. The highest BCUT2D eigenvalue weighted by Gasteiger charge is 2.25. The summed E-state index contributed by atoms with van der Waals surface area (Å²) in [4.78, 5) is 24.8. The van der Waals surface area contributed by atoms with E-state index in [-0.39, 0.29) is 17.7 Å². The molecule has 0 aliphatic heterocycles. The number of hydrogen-bond donors (Lipinski definition) is 2. The van der Waals surface area contributed by atoms with Gasteiger partial charge in [0, 0.05) is 10.6 Å². The van der Waals surface area contributed by atoms with Crippen molar-refractivity contribution in [1.82, 2.24) is 15.5 Å². The van der Waals surface area contributed by atoms with E-state index in [2.05, 4.69) is 20.8 Å². The summed E-state index contributed by atoms with van der Waals surface area (Å²) in [5.41, 5.74) is 0.446. The first-order chi connectivity index (χ1) is 11.4. The van der Waals surface area contributed by atoms with Gasteiger partial charge in [-0.05, 0) is 36.6 Å². The molecule has 0 aliphatic rings. The van der Waals surface area contributed by atoms with Crippen LogP contribution in [0, 0.1) is 5.92 Å². The average Bonchev–Trinajstić information content (AvgIpc) is 3.00. The van der Waals surface area contributed by atoms with Crippen LogP contribution < -0.4 is 10.6 Å². The van der Waals surface area contributed by atoms with Crippen LogP contribution in [-0.2, 0) is 11.2 Å². The lowest BCUT2D eigenvalue weighted by Gasteiger charge is -2.21. The number of amides is 2. The Labute approximate surface area is 149 Å². The van der Waals surface area contributed by atoms with Gasteiger partial charge in [0.2, 0.25) is 11.0 Å². The minimum Gasteiger partial charge on any atom is -0.340 e. The molecule has 0 saturated heterocycles. The van der Waals surface area contributed by atoms with Gasteiger partial charge in [-0.1, -0.05) is 43.7 Å². The number of rotatable bonds is 6. The molecule has 1 heterocycles. The van der Waals surface area contributed by atoms with E-state index in [1.54, 1.807) is 24.3 Å². The number of nitrogens with one attached hydrogen (secondary N) is 2. The van der Waals surface area contributed by atoms with Gasteiger partial charge in [-0.15, -0.1) is 10.2 Å². The SMILES string of the molecule is CCc1nnc(NC(=O)C(NC(=O)c2ccc(Cl)cc2)C(C)C)s1. The van der Waals surface area contributed by atoms with Crippen molar-refractivity contribution in [2.75, 3.05) is 5.32 Å². The molecule has 2 N–H and O–H groups in total. The molecule has 0 spiro atoms. The van der Waals surface area contributed by atoms with E-state index >= 15 is 0 Å². The molecule has 0 radical (unpaired) electrons. The predicted octanol–water partition coefficient (Wildman–Crippen LogP) is 3.15. The number of halogens is 1. The molecule has 6 nitrogen and oxygen atoms in total. The Kier molecular flexibility index (Phi) is 6.28. The Morgan fingerprint density at radius 2 is 1.88 bits per heavy atom. The van der Waals surface area contributed by atoms with Gasteiger partial charge >= 0.3 is 0 Å². The van der Waals surface area contributed by atoms with Crippen molar-refractivity contribution in [1.29, 1.82) is 0 Å². The van der Waals surface area contributed by atoms with Crippen LogP contribution in [-0.4, -0.2) is 28.1 Å².